The number of carboxylic acid groups (broad SMARTS) is 1. The van der Waals surface area contributed by atoms with E-state index in [-0.39, 0.29) is 11.0 Å². The molecule has 1 aliphatic heterocycles. The summed E-state index contributed by atoms with van der Waals surface area (Å²) in [6.45, 7) is 2.86. The van der Waals surface area contributed by atoms with Gasteiger partial charge in [0.2, 0.25) is 0 Å². The Hall–Kier alpha value is -2.96. The zero-order valence-corrected chi connectivity index (χ0v) is 15.9. The normalized spacial score (nSPS) is 14.1. The number of hydrogen-bond donors (Lipinski definition) is 1. The zero-order chi connectivity index (χ0) is 19.5. The number of rotatable bonds is 4. The number of carbonyl (C=O) groups is 1. The smallest absolute Gasteiger partial charge is 0.336 e. The molecule has 28 heavy (non-hydrogen) atoms. The zero-order valence-electron chi connectivity index (χ0n) is 15.1. The van der Waals surface area contributed by atoms with Crippen molar-refractivity contribution >= 4 is 22.3 Å². The molecule has 1 fully saturated rings. The van der Waals surface area contributed by atoms with E-state index in [2.05, 4.69) is 4.90 Å². The molecule has 2 aromatic carbocycles. The van der Waals surface area contributed by atoms with E-state index in [4.69, 9.17) is 4.74 Å². The molecule has 2 heterocycles. The molecule has 0 atom stereocenters. The molecule has 0 aliphatic carbocycles. The first-order valence-corrected chi connectivity index (χ1v) is 9.84. The highest BCUT2D eigenvalue weighted by Gasteiger charge is 2.15. The van der Waals surface area contributed by atoms with Crippen LogP contribution in [0.3, 0.4) is 0 Å². The van der Waals surface area contributed by atoms with Gasteiger partial charge >= 0.3 is 5.97 Å². The summed E-state index contributed by atoms with van der Waals surface area (Å²) >= 11 is 1.56. The lowest BCUT2D eigenvalue weighted by molar-refractivity contribution is 0.0697. The van der Waals surface area contributed by atoms with Gasteiger partial charge in [-0.25, -0.2) is 4.79 Å². The van der Waals surface area contributed by atoms with E-state index in [0.717, 1.165) is 34.1 Å². The summed E-state index contributed by atoms with van der Waals surface area (Å²) in [4.78, 5) is 26.9. The fourth-order valence-electron chi connectivity index (χ4n) is 3.31. The van der Waals surface area contributed by atoms with Crippen LogP contribution in [0.2, 0.25) is 0 Å². The van der Waals surface area contributed by atoms with Crippen molar-refractivity contribution in [3.8, 4) is 21.6 Å². The van der Waals surface area contributed by atoms with E-state index < -0.39 is 5.97 Å². The molecule has 0 amide bonds. The Balaban J connectivity index is 1.75. The Morgan fingerprint density at radius 1 is 0.964 bits per heavy atom. The molecular formula is C22H19NO4S. The summed E-state index contributed by atoms with van der Waals surface area (Å²) < 4.78 is 5.40. The number of benzene rings is 2. The molecule has 1 N–H and O–H groups in total. The number of carboxylic acids is 1. The van der Waals surface area contributed by atoms with Crippen molar-refractivity contribution in [2.45, 2.75) is 0 Å². The maximum atomic E-state index is 12.3. The summed E-state index contributed by atoms with van der Waals surface area (Å²) in [5.41, 5.74) is 2.59. The summed E-state index contributed by atoms with van der Waals surface area (Å²) in [6, 6.07) is 17.9. The van der Waals surface area contributed by atoms with Crippen LogP contribution in [0.4, 0.5) is 5.00 Å². The lowest BCUT2D eigenvalue weighted by Gasteiger charge is -2.28. The van der Waals surface area contributed by atoms with Gasteiger partial charge in [-0.05, 0) is 28.8 Å². The van der Waals surface area contributed by atoms with E-state index in [9.17, 15) is 14.7 Å². The van der Waals surface area contributed by atoms with Gasteiger partial charge in [-0.15, -0.1) is 11.3 Å². The van der Waals surface area contributed by atoms with Gasteiger partial charge in [-0.1, -0.05) is 36.4 Å². The number of anilines is 1. The lowest BCUT2D eigenvalue weighted by Crippen LogP contribution is -2.36. The number of aromatic carboxylic acids is 1. The summed E-state index contributed by atoms with van der Waals surface area (Å²) in [7, 11) is 0. The van der Waals surface area contributed by atoms with Gasteiger partial charge in [0.1, 0.15) is 0 Å². The van der Waals surface area contributed by atoms with Crippen molar-refractivity contribution in [3.63, 3.8) is 0 Å². The van der Waals surface area contributed by atoms with Crippen LogP contribution in [-0.4, -0.2) is 37.4 Å². The standard InChI is InChI=1S/C22H19NO4S/c24-17-13-20(28-21(14-17)23-8-10-27-11-9-23)16-5-3-4-15(12-16)18-6-1-2-7-19(18)22(25)26/h1-7,12-14H,8-11H2,(H,25,26). The van der Waals surface area contributed by atoms with E-state index in [1.54, 1.807) is 41.7 Å². The largest absolute Gasteiger partial charge is 0.478 e. The summed E-state index contributed by atoms with van der Waals surface area (Å²) in [5.74, 6) is -0.958. The molecule has 0 radical (unpaired) electrons. The molecule has 1 aromatic heterocycles. The molecule has 3 aromatic rings. The third kappa shape index (κ3) is 3.83. The van der Waals surface area contributed by atoms with Crippen LogP contribution in [-0.2, 0) is 4.74 Å². The minimum atomic E-state index is -0.958. The van der Waals surface area contributed by atoms with Gasteiger partial charge < -0.3 is 14.7 Å². The van der Waals surface area contributed by atoms with Gasteiger partial charge in [0, 0.05) is 30.1 Å². The van der Waals surface area contributed by atoms with Gasteiger partial charge in [0.05, 0.1) is 23.8 Å². The second-order valence-electron chi connectivity index (χ2n) is 6.53. The molecule has 1 aliphatic rings. The minimum absolute atomic E-state index is 0.0356. The van der Waals surface area contributed by atoms with E-state index >= 15 is 0 Å². The molecular weight excluding hydrogens is 374 g/mol. The third-order valence-corrected chi connectivity index (χ3v) is 5.85. The highest BCUT2D eigenvalue weighted by atomic mass is 32.1. The fourth-order valence-corrected chi connectivity index (χ4v) is 4.44. The Morgan fingerprint density at radius 3 is 2.50 bits per heavy atom. The van der Waals surface area contributed by atoms with Crippen molar-refractivity contribution < 1.29 is 14.6 Å². The number of nitrogens with zero attached hydrogens (tertiary/aromatic N) is 1. The SMILES string of the molecule is O=C(O)c1ccccc1-c1cccc(-c2cc(=O)cc(N3CCOCC3)s2)c1. The van der Waals surface area contributed by atoms with Crippen molar-refractivity contribution in [3.05, 3.63) is 76.5 Å². The maximum Gasteiger partial charge on any atom is 0.336 e. The Labute approximate surface area is 166 Å². The summed E-state index contributed by atoms with van der Waals surface area (Å²) in [6.07, 6.45) is 0. The Bertz CT molecular complexity index is 1070. The summed E-state index contributed by atoms with van der Waals surface area (Å²) in [5, 5.41) is 10.4. The first kappa shape index (κ1) is 18.4. The minimum Gasteiger partial charge on any atom is -0.478 e. The molecule has 0 bridgehead atoms. The van der Waals surface area contributed by atoms with Gasteiger partial charge in [0.25, 0.3) is 0 Å². The van der Waals surface area contributed by atoms with Gasteiger partial charge in [0.15, 0.2) is 5.43 Å². The van der Waals surface area contributed by atoms with E-state index in [1.807, 2.05) is 30.3 Å². The van der Waals surface area contributed by atoms with E-state index in [1.165, 1.54) is 0 Å². The van der Waals surface area contributed by atoms with Crippen LogP contribution in [0.15, 0.2) is 65.5 Å². The van der Waals surface area contributed by atoms with Crippen LogP contribution >= 0.6 is 11.3 Å². The first-order valence-electron chi connectivity index (χ1n) is 9.03. The predicted molar refractivity (Wildman–Crippen MR) is 111 cm³/mol. The van der Waals surface area contributed by atoms with Crippen LogP contribution in [0.5, 0.6) is 0 Å². The molecule has 4 rings (SSSR count). The maximum absolute atomic E-state index is 12.3. The van der Waals surface area contributed by atoms with Crippen LogP contribution in [0.25, 0.3) is 21.6 Å². The van der Waals surface area contributed by atoms with Gasteiger partial charge in [-0.2, -0.15) is 0 Å². The molecule has 0 saturated carbocycles. The van der Waals surface area contributed by atoms with Crippen LogP contribution < -0.4 is 10.3 Å². The monoisotopic (exact) mass is 393 g/mol. The van der Waals surface area contributed by atoms with E-state index in [0.29, 0.717) is 18.8 Å². The number of ether oxygens (including phenoxy) is 1. The van der Waals surface area contributed by atoms with Crippen molar-refractivity contribution in [1.82, 2.24) is 0 Å². The highest BCUT2D eigenvalue weighted by molar-refractivity contribution is 7.19. The second-order valence-corrected chi connectivity index (χ2v) is 7.59. The quantitative estimate of drug-likeness (QED) is 0.726. The average Bonchev–Trinajstić information content (AvgIpc) is 2.74. The first-order chi connectivity index (χ1) is 13.6. The number of morpholine rings is 1. The van der Waals surface area contributed by atoms with Crippen molar-refractivity contribution in [2.24, 2.45) is 0 Å². The molecule has 0 unspecified atom stereocenters. The second kappa shape index (κ2) is 7.96. The third-order valence-electron chi connectivity index (χ3n) is 4.69. The van der Waals surface area contributed by atoms with Crippen LogP contribution in [0, 0.1) is 0 Å². The van der Waals surface area contributed by atoms with Crippen molar-refractivity contribution in [2.75, 3.05) is 31.2 Å². The Kier molecular flexibility index (Phi) is 5.23. The van der Waals surface area contributed by atoms with Crippen molar-refractivity contribution in [1.29, 1.82) is 0 Å². The fraction of sp³-hybridized carbons (Fsp3) is 0.182. The van der Waals surface area contributed by atoms with Crippen LogP contribution in [0.1, 0.15) is 10.4 Å². The molecule has 0 spiro atoms. The topological polar surface area (TPSA) is 66.8 Å². The predicted octanol–water partition coefficient (Wildman–Crippen LogP) is 3.98. The van der Waals surface area contributed by atoms with Gasteiger partial charge in [-0.3, -0.25) is 4.79 Å². The molecule has 142 valence electrons. The Morgan fingerprint density at radius 2 is 1.71 bits per heavy atom. The molecule has 6 heteroatoms. The highest BCUT2D eigenvalue weighted by Crippen LogP contribution is 2.33. The average molecular weight is 393 g/mol. The number of hydrogen-bond acceptors (Lipinski definition) is 5. The molecule has 5 nitrogen and oxygen atoms in total. The molecule has 1 saturated heterocycles. The lowest BCUT2D eigenvalue weighted by atomic mass is 9.98.